The fourth-order valence-corrected chi connectivity index (χ4v) is 8.73. The zero-order chi connectivity index (χ0) is 32.3. The Hall–Kier alpha value is -4.98. The van der Waals surface area contributed by atoms with Gasteiger partial charge in [-0.05, 0) is 42.9 Å². The van der Waals surface area contributed by atoms with Gasteiger partial charge in [0.05, 0.1) is 31.5 Å². The first-order chi connectivity index (χ1) is 22.3. The third-order valence-electron chi connectivity index (χ3n) is 10.6. The molecule has 7 rings (SSSR count). The maximum atomic E-state index is 15.1. The van der Waals surface area contributed by atoms with E-state index in [1.807, 2.05) is 66.7 Å². The van der Waals surface area contributed by atoms with Crippen molar-refractivity contribution in [3.8, 4) is 17.2 Å². The molecular formula is C38H35NO7. The monoisotopic (exact) mass is 617 g/mol. The van der Waals surface area contributed by atoms with Crippen molar-refractivity contribution < 1.29 is 33.8 Å². The van der Waals surface area contributed by atoms with E-state index in [-0.39, 0.29) is 42.1 Å². The Morgan fingerprint density at radius 3 is 2.24 bits per heavy atom. The van der Waals surface area contributed by atoms with Crippen LogP contribution in [0.2, 0.25) is 0 Å². The Bertz CT molecular complexity index is 1830. The number of nitrogens with zero attached hydrogens (tertiary/aromatic N) is 1. The Kier molecular flexibility index (Phi) is 7.18. The molecule has 3 aliphatic carbocycles. The number of ketones is 2. The van der Waals surface area contributed by atoms with Crippen molar-refractivity contribution in [2.75, 3.05) is 20.8 Å². The van der Waals surface area contributed by atoms with Crippen LogP contribution in [0.15, 0.2) is 90.5 Å². The first kappa shape index (κ1) is 29.7. The molecule has 2 amide bonds. The predicted octanol–water partition coefficient (Wildman–Crippen LogP) is 5.25. The maximum Gasteiger partial charge on any atom is 0.233 e. The Morgan fingerprint density at radius 2 is 1.59 bits per heavy atom. The number of hydrogen-bond acceptors (Lipinski definition) is 7. The Labute approximate surface area is 267 Å². The number of fused-ring (bicyclic) bond motifs is 4. The van der Waals surface area contributed by atoms with Gasteiger partial charge in [-0.3, -0.25) is 24.1 Å². The number of amides is 2. The number of likely N-dealkylation sites (tertiary alicyclic amines) is 1. The van der Waals surface area contributed by atoms with E-state index in [4.69, 9.17) is 9.47 Å². The number of methoxy groups -OCH3 is 2. The highest BCUT2D eigenvalue weighted by Crippen LogP contribution is 2.65. The molecule has 8 heteroatoms. The molecule has 0 spiro atoms. The summed E-state index contributed by atoms with van der Waals surface area (Å²) in [4.78, 5) is 58.7. The number of phenols is 1. The number of aromatic hydroxyl groups is 1. The second-order valence-corrected chi connectivity index (χ2v) is 12.5. The average molecular weight is 618 g/mol. The minimum Gasteiger partial charge on any atom is -0.507 e. The van der Waals surface area contributed by atoms with E-state index in [0.717, 1.165) is 5.57 Å². The molecule has 1 heterocycles. The summed E-state index contributed by atoms with van der Waals surface area (Å²) in [5, 5.41) is 11.7. The first-order valence-corrected chi connectivity index (χ1v) is 15.7. The van der Waals surface area contributed by atoms with Crippen molar-refractivity contribution in [3.63, 3.8) is 0 Å². The van der Waals surface area contributed by atoms with Crippen molar-refractivity contribution in [2.24, 2.45) is 23.7 Å². The van der Waals surface area contributed by atoms with E-state index in [9.17, 15) is 19.5 Å². The fraction of sp³-hybridized carbons (Fsp3) is 0.316. The van der Waals surface area contributed by atoms with Gasteiger partial charge in [-0.1, -0.05) is 72.3 Å². The molecule has 4 aliphatic rings. The SMILES string of the molecule is CCN1C(=O)C2CC=C3C(CC4C(=O)C(c5ccccc5)=CC(=O)C4(c4ccccc4)C3c3c(O)cc(OC)cc3OC)C2C1=O. The minimum atomic E-state index is -1.47. The third-order valence-corrected chi connectivity index (χ3v) is 10.6. The second-order valence-electron chi connectivity index (χ2n) is 12.5. The largest absolute Gasteiger partial charge is 0.507 e. The van der Waals surface area contributed by atoms with Gasteiger partial charge >= 0.3 is 0 Å². The molecule has 234 valence electrons. The molecule has 2 fully saturated rings. The highest BCUT2D eigenvalue weighted by Gasteiger charge is 2.66. The molecule has 0 bridgehead atoms. The van der Waals surface area contributed by atoms with Crippen LogP contribution in [0.1, 0.15) is 42.4 Å². The normalized spacial score (nSPS) is 28.6. The summed E-state index contributed by atoms with van der Waals surface area (Å²) >= 11 is 0. The lowest BCUT2D eigenvalue weighted by molar-refractivity contribution is -0.140. The van der Waals surface area contributed by atoms with Crippen LogP contribution in [0.4, 0.5) is 0 Å². The van der Waals surface area contributed by atoms with Crippen LogP contribution in [0.5, 0.6) is 17.2 Å². The van der Waals surface area contributed by atoms with Crippen molar-refractivity contribution in [2.45, 2.75) is 31.1 Å². The molecule has 46 heavy (non-hydrogen) atoms. The van der Waals surface area contributed by atoms with Crippen molar-refractivity contribution >= 4 is 29.0 Å². The number of phenolic OH excluding ortho intramolecular Hbond substituents is 1. The number of allylic oxidation sites excluding steroid dienone is 4. The molecule has 0 aromatic heterocycles. The third kappa shape index (κ3) is 4.05. The van der Waals surface area contributed by atoms with Gasteiger partial charge in [0.25, 0.3) is 0 Å². The molecule has 1 saturated carbocycles. The van der Waals surface area contributed by atoms with Crippen molar-refractivity contribution in [3.05, 3.63) is 107 Å². The summed E-state index contributed by atoms with van der Waals surface area (Å²) in [6.07, 6.45) is 3.94. The molecule has 6 atom stereocenters. The number of benzene rings is 3. The minimum absolute atomic E-state index is 0.152. The summed E-state index contributed by atoms with van der Waals surface area (Å²) < 4.78 is 11.3. The quantitative estimate of drug-likeness (QED) is 0.297. The smallest absolute Gasteiger partial charge is 0.233 e. The van der Waals surface area contributed by atoms with Gasteiger partial charge in [0.2, 0.25) is 11.8 Å². The number of rotatable bonds is 6. The molecular weight excluding hydrogens is 582 g/mol. The van der Waals surface area contributed by atoms with Gasteiger partial charge in [0, 0.05) is 41.6 Å². The number of Topliss-reactive ketones (excluding diaryl/α,β-unsaturated/α-hetero) is 1. The lowest BCUT2D eigenvalue weighted by Gasteiger charge is -2.55. The van der Waals surface area contributed by atoms with Gasteiger partial charge in [-0.25, -0.2) is 0 Å². The van der Waals surface area contributed by atoms with Gasteiger partial charge < -0.3 is 14.6 Å². The molecule has 8 nitrogen and oxygen atoms in total. The summed E-state index contributed by atoms with van der Waals surface area (Å²) in [5.74, 6) is -3.96. The molecule has 3 aromatic rings. The van der Waals surface area contributed by atoms with Crippen LogP contribution in [-0.4, -0.2) is 54.2 Å². The molecule has 1 aliphatic heterocycles. The zero-order valence-electron chi connectivity index (χ0n) is 25.9. The van der Waals surface area contributed by atoms with Gasteiger partial charge in [0.1, 0.15) is 17.2 Å². The van der Waals surface area contributed by atoms with Crippen molar-refractivity contribution in [1.29, 1.82) is 0 Å². The van der Waals surface area contributed by atoms with Crippen LogP contribution in [-0.2, 0) is 24.6 Å². The molecule has 6 unspecified atom stereocenters. The first-order valence-electron chi connectivity index (χ1n) is 15.7. The number of hydrogen-bond donors (Lipinski definition) is 1. The van der Waals surface area contributed by atoms with Crippen LogP contribution in [0.3, 0.4) is 0 Å². The van der Waals surface area contributed by atoms with Crippen molar-refractivity contribution in [1.82, 2.24) is 4.90 Å². The summed E-state index contributed by atoms with van der Waals surface area (Å²) in [6.45, 7) is 2.05. The number of ether oxygens (including phenoxy) is 2. The van der Waals surface area contributed by atoms with Crippen LogP contribution < -0.4 is 9.47 Å². The Balaban J connectivity index is 1.56. The highest BCUT2D eigenvalue weighted by atomic mass is 16.5. The topological polar surface area (TPSA) is 110 Å². The lowest BCUT2D eigenvalue weighted by atomic mass is 9.44. The van der Waals surface area contributed by atoms with E-state index in [1.54, 1.807) is 13.0 Å². The number of carbonyl (C=O) groups is 4. The predicted molar refractivity (Wildman–Crippen MR) is 170 cm³/mol. The number of carbonyl (C=O) groups excluding carboxylic acids is 4. The highest BCUT2D eigenvalue weighted by molar-refractivity contribution is 6.31. The van der Waals surface area contributed by atoms with E-state index >= 15 is 4.79 Å². The average Bonchev–Trinajstić information content (AvgIpc) is 3.34. The second kappa shape index (κ2) is 11.1. The van der Waals surface area contributed by atoms with Crippen LogP contribution >= 0.6 is 0 Å². The summed E-state index contributed by atoms with van der Waals surface area (Å²) in [6, 6.07) is 21.5. The van der Waals surface area contributed by atoms with Gasteiger partial charge in [-0.15, -0.1) is 0 Å². The van der Waals surface area contributed by atoms with Crippen LogP contribution in [0.25, 0.3) is 5.57 Å². The fourth-order valence-electron chi connectivity index (χ4n) is 8.73. The summed E-state index contributed by atoms with van der Waals surface area (Å²) in [5.41, 5.74) is 1.22. The standard InChI is InChI=1S/C38H35NO7/c1-4-39-36(43)25-16-15-24-27(32(25)37(39)44)19-28-35(42)26(21-11-7-5-8-12-21)20-31(41)38(28,22-13-9-6-10-14-22)34(24)33-29(40)17-23(45-2)18-30(33)46-3/h5-15,17-18,20,25,27-28,32,34,40H,4,16,19H2,1-3H3. The molecule has 1 saturated heterocycles. The molecule has 0 radical (unpaired) electrons. The zero-order valence-corrected chi connectivity index (χ0v) is 25.9. The van der Waals surface area contributed by atoms with Crippen LogP contribution in [0, 0.1) is 23.7 Å². The van der Waals surface area contributed by atoms with E-state index < -0.39 is 35.0 Å². The van der Waals surface area contributed by atoms with Gasteiger partial charge in [0.15, 0.2) is 11.6 Å². The van der Waals surface area contributed by atoms with E-state index in [1.165, 1.54) is 31.3 Å². The van der Waals surface area contributed by atoms with Gasteiger partial charge in [-0.2, -0.15) is 0 Å². The molecule has 3 aromatic carbocycles. The lowest BCUT2D eigenvalue weighted by Crippen LogP contribution is -2.58. The summed E-state index contributed by atoms with van der Waals surface area (Å²) in [7, 11) is 2.97. The number of imide groups is 1. The maximum absolute atomic E-state index is 15.1. The molecule has 1 N–H and O–H groups in total. The Morgan fingerprint density at radius 1 is 0.891 bits per heavy atom. The van der Waals surface area contributed by atoms with E-state index in [2.05, 4.69) is 0 Å². The van der Waals surface area contributed by atoms with E-state index in [0.29, 0.717) is 40.2 Å².